The van der Waals surface area contributed by atoms with Gasteiger partial charge >= 0.3 is 0 Å². The molecule has 3 heteroatoms. The maximum absolute atomic E-state index is 13.9. The Bertz CT molecular complexity index is 629. The number of halogens is 2. The highest BCUT2D eigenvalue weighted by molar-refractivity contribution is 6.31. The molecule has 0 heterocycles. The molecule has 2 rings (SSSR count). The van der Waals surface area contributed by atoms with Gasteiger partial charge in [0.15, 0.2) is 0 Å². The lowest BCUT2D eigenvalue weighted by atomic mass is 9.92. The molecule has 1 atom stereocenters. The summed E-state index contributed by atoms with van der Waals surface area (Å²) in [5.41, 5.74) is 4.61. The van der Waals surface area contributed by atoms with Crippen molar-refractivity contribution in [2.75, 3.05) is 6.54 Å². The van der Waals surface area contributed by atoms with Gasteiger partial charge in [-0.05, 0) is 61.2 Å². The molecule has 21 heavy (non-hydrogen) atoms. The van der Waals surface area contributed by atoms with Crippen LogP contribution in [0.2, 0.25) is 5.02 Å². The lowest BCUT2D eigenvalue weighted by Gasteiger charge is -2.22. The molecule has 0 saturated heterocycles. The van der Waals surface area contributed by atoms with Crippen molar-refractivity contribution in [2.24, 2.45) is 0 Å². The summed E-state index contributed by atoms with van der Waals surface area (Å²) < 4.78 is 13.9. The maximum Gasteiger partial charge on any atom is 0.129 e. The predicted molar refractivity (Wildman–Crippen MR) is 87.6 cm³/mol. The van der Waals surface area contributed by atoms with Gasteiger partial charge in [0.1, 0.15) is 5.82 Å². The fourth-order valence-electron chi connectivity index (χ4n) is 2.69. The highest BCUT2D eigenvalue weighted by atomic mass is 35.5. The molecule has 1 unspecified atom stereocenters. The van der Waals surface area contributed by atoms with E-state index >= 15 is 0 Å². The second-order valence-corrected chi connectivity index (χ2v) is 5.82. The topological polar surface area (TPSA) is 12.0 Å². The first kappa shape index (κ1) is 16.0. The highest BCUT2D eigenvalue weighted by Crippen LogP contribution is 2.30. The number of aryl methyl sites for hydroxylation is 2. The maximum atomic E-state index is 13.9. The van der Waals surface area contributed by atoms with Crippen molar-refractivity contribution >= 4 is 11.6 Å². The Morgan fingerprint density at radius 2 is 1.76 bits per heavy atom. The molecule has 0 fully saturated rings. The van der Waals surface area contributed by atoms with Crippen molar-refractivity contribution in [3.63, 3.8) is 0 Å². The molecule has 2 aromatic rings. The zero-order valence-electron chi connectivity index (χ0n) is 12.9. The van der Waals surface area contributed by atoms with Crippen LogP contribution < -0.4 is 5.32 Å². The normalized spacial score (nSPS) is 12.5. The van der Waals surface area contributed by atoms with Gasteiger partial charge in [0.25, 0.3) is 0 Å². The van der Waals surface area contributed by atoms with Gasteiger partial charge in [0.05, 0.1) is 6.04 Å². The van der Waals surface area contributed by atoms with Gasteiger partial charge in [-0.25, -0.2) is 4.39 Å². The van der Waals surface area contributed by atoms with E-state index in [1.54, 1.807) is 13.8 Å². The van der Waals surface area contributed by atoms with Gasteiger partial charge in [-0.15, -0.1) is 0 Å². The van der Waals surface area contributed by atoms with Crippen LogP contribution in [0.25, 0.3) is 0 Å². The minimum absolute atomic E-state index is 0.0201. The summed E-state index contributed by atoms with van der Waals surface area (Å²) in [5, 5.41) is 4.23. The molecule has 112 valence electrons. The van der Waals surface area contributed by atoms with Crippen LogP contribution in [0.4, 0.5) is 4.39 Å². The Balaban J connectivity index is 2.56. The molecule has 0 radical (unpaired) electrons. The summed E-state index contributed by atoms with van der Waals surface area (Å²) >= 11 is 6.25. The molecule has 0 aliphatic heterocycles. The van der Waals surface area contributed by atoms with E-state index in [1.165, 1.54) is 0 Å². The number of hydrogen-bond acceptors (Lipinski definition) is 1. The quantitative estimate of drug-likeness (QED) is 0.828. The third-order valence-electron chi connectivity index (χ3n) is 3.82. The summed E-state index contributed by atoms with van der Waals surface area (Å²) in [4.78, 5) is 0. The molecule has 1 N–H and O–H groups in total. The van der Waals surface area contributed by atoms with E-state index in [1.807, 2.05) is 31.2 Å². The van der Waals surface area contributed by atoms with E-state index in [0.717, 1.165) is 28.3 Å². The van der Waals surface area contributed by atoms with Crippen LogP contribution in [0, 0.1) is 26.6 Å². The fraction of sp³-hybridized carbons (Fsp3) is 0.333. The van der Waals surface area contributed by atoms with Gasteiger partial charge in [0, 0.05) is 5.02 Å². The molecule has 0 aromatic heterocycles. The van der Waals surface area contributed by atoms with Crippen LogP contribution in [0.15, 0.2) is 30.3 Å². The molecule has 0 aliphatic rings. The molecule has 0 aliphatic carbocycles. The average Bonchev–Trinajstić information content (AvgIpc) is 2.45. The zero-order chi connectivity index (χ0) is 15.6. The summed E-state index contributed by atoms with van der Waals surface area (Å²) in [6, 6.07) is 9.77. The molecule has 0 saturated carbocycles. The third-order valence-corrected chi connectivity index (χ3v) is 4.23. The lowest BCUT2D eigenvalue weighted by molar-refractivity contribution is 0.598. The van der Waals surface area contributed by atoms with Gasteiger partial charge in [0.2, 0.25) is 0 Å². The Morgan fingerprint density at radius 3 is 2.33 bits per heavy atom. The molecular formula is C18H21ClFN. The molecule has 0 bridgehead atoms. The Morgan fingerprint density at radius 1 is 1.14 bits per heavy atom. The van der Waals surface area contributed by atoms with Crippen LogP contribution in [-0.4, -0.2) is 6.54 Å². The fourth-order valence-corrected chi connectivity index (χ4v) is 2.88. The summed E-state index contributed by atoms with van der Waals surface area (Å²) in [7, 11) is 0. The van der Waals surface area contributed by atoms with Crippen molar-refractivity contribution in [1.29, 1.82) is 0 Å². The number of benzene rings is 2. The van der Waals surface area contributed by atoms with Crippen molar-refractivity contribution in [3.05, 3.63) is 69.0 Å². The lowest BCUT2D eigenvalue weighted by Crippen LogP contribution is -2.23. The van der Waals surface area contributed by atoms with Crippen LogP contribution in [0.1, 0.15) is 40.8 Å². The standard InChI is InChI=1S/C18H21ClFN/c1-5-21-18(15-7-6-8-16(19)13(15)4)14-9-11(2)17(20)12(3)10-14/h6-10,18,21H,5H2,1-4H3. The van der Waals surface area contributed by atoms with Crippen LogP contribution in [0.5, 0.6) is 0 Å². The van der Waals surface area contributed by atoms with Crippen molar-refractivity contribution in [2.45, 2.75) is 33.7 Å². The first-order chi connectivity index (χ1) is 9.95. The van der Waals surface area contributed by atoms with Crippen molar-refractivity contribution < 1.29 is 4.39 Å². The van der Waals surface area contributed by atoms with Gasteiger partial charge in [-0.1, -0.05) is 42.8 Å². The van der Waals surface area contributed by atoms with E-state index < -0.39 is 0 Å². The highest BCUT2D eigenvalue weighted by Gasteiger charge is 2.18. The zero-order valence-corrected chi connectivity index (χ0v) is 13.7. The SMILES string of the molecule is CCNC(c1cc(C)c(F)c(C)c1)c1cccc(Cl)c1C. The number of hydrogen-bond donors (Lipinski definition) is 1. The summed E-state index contributed by atoms with van der Waals surface area (Å²) in [5.74, 6) is -0.128. The Labute approximate surface area is 131 Å². The van der Waals surface area contributed by atoms with Gasteiger partial charge in [-0.2, -0.15) is 0 Å². The molecule has 2 aromatic carbocycles. The minimum Gasteiger partial charge on any atom is -0.307 e. The second-order valence-electron chi connectivity index (χ2n) is 5.41. The Kier molecular flexibility index (Phi) is 5.02. The Hall–Kier alpha value is -1.38. The van der Waals surface area contributed by atoms with Gasteiger partial charge < -0.3 is 5.32 Å². The number of rotatable bonds is 4. The van der Waals surface area contributed by atoms with E-state index in [4.69, 9.17) is 11.6 Å². The minimum atomic E-state index is -0.128. The molecular weight excluding hydrogens is 285 g/mol. The molecule has 0 amide bonds. The van der Waals surface area contributed by atoms with Crippen LogP contribution in [-0.2, 0) is 0 Å². The van der Waals surface area contributed by atoms with E-state index in [9.17, 15) is 4.39 Å². The average molecular weight is 306 g/mol. The predicted octanol–water partition coefficient (Wildman–Crippen LogP) is 5.10. The summed E-state index contributed by atoms with van der Waals surface area (Å²) in [6.45, 7) is 8.52. The first-order valence-electron chi connectivity index (χ1n) is 7.20. The molecule has 0 spiro atoms. The molecule has 1 nitrogen and oxygen atoms in total. The smallest absolute Gasteiger partial charge is 0.129 e. The van der Waals surface area contributed by atoms with Crippen LogP contribution in [0.3, 0.4) is 0 Å². The van der Waals surface area contributed by atoms with Crippen molar-refractivity contribution in [1.82, 2.24) is 5.32 Å². The number of nitrogens with one attached hydrogen (secondary N) is 1. The third kappa shape index (κ3) is 3.28. The van der Waals surface area contributed by atoms with E-state index in [2.05, 4.69) is 18.3 Å². The second kappa shape index (κ2) is 6.59. The van der Waals surface area contributed by atoms with Crippen molar-refractivity contribution in [3.8, 4) is 0 Å². The van der Waals surface area contributed by atoms with E-state index in [0.29, 0.717) is 11.1 Å². The van der Waals surface area contributed by atoms with Gasteiger partial charge in [-0.3, -0.25) is 0 Å². The largest absolute Gasteiger partial charge is 0.307 e. The first-order valence-corrected chi connectivity index (χ1v) is 7.58. The van der Waals surface area contributed by atoms with Crippen LogP contribution >= 0.6 is 11.6 Å². The van der Waals surface area contributed by atoms with E-state index in [-0.39, 0.29) is 11.9 Å². The monoisotopic (exact) mass is 305 g/mol. The summed E-state index contributed by atoms with van der Waals surface area (Å²) in [6.07, 6.45) is 0.